The van der Waals surface area contributed by atoms with Crippen LogP contribution in [0.25, 0.3) is 16.8 Å². The number of nitrogens with zero attached hydrogens (tertiary/aromatic N) is 3. The van der Waals surface area contributed by atoms with Crippen LogP contribution in [0.3, 0.4) is 0 Å². The van der Waals surface area contributed by atoms with Crippen LogP contribution in [-0.2, 0) is 4.79 Å². The lowest BCUT2D eigenvalue weighted by atomic mass is 10.0. The van der Waals surface area contributed by atoms with Crippen molar-refractivity contribution in [3.05, 3.63) is 47.0 Å². The maximum atomic E-state index is 13.8. The Morgan fingerprint density at radius 2 is 1.96 bits per heavy atom. The van der Waals surface area contributed by atoms with Gasteiger partial charge in [0.1, 0.15) is 5.82 Å². The molecule has 0 unspecified atom stereocenters. The predicted octanol–water partition coefficient (Wildman–Crippen LogP) is 4.98. The number of halogens is 1. The number of hydrogen-bond donors (Lipinski definition) is 1. The normalized spacial score (nSPS) is 14.7. The lowest BCUT2D eigenvalue weighted by Crippen LogP contribution is -2.16. The van der Waals surface area contributed by atoms with Crippen LogP contribution in [0.15, 0.2) is 24.3 Å². The van der Waals surface area contributed by atoms with Crippen molar-refractivity contribution < 1.29 is 9.18 Å². The summed E-state index contributed by atoms with van der Waals surface area (Å²) in [7, 11) is 0. The molecule has 1 fully saturated rings. The highest BCUT2D eigenvalue weighted by Gasteiger charge is 2.23. The van der Waals surface area contributed by atoms with E-state index in [1.807, 2.05) is 19.9 Å². The first-order chi connectivity index (χ1) is 13.4. The summed E-state index contributed by atoms with van der Waals surface area (Å²) in [6.45, 7) is 5.61. The molecule has 0 atom stereocenters. The van der Waals surface area contributed by atoms with Gasteiger partial charge in [-0.1, -0.05) is 18.9 Å². The fourth-order valence-electron chi connectivity index (χ4n) is 4.13. The zero-order valence-electron chi connectivity index (χ0n) is 16.6. The lowest BCUT2D eigenvalue weighted by Gasteiger charge is -2.10. The van der Waals surface area contributed by atoms with Gasteiger partial charge in [0.2, 0.25) is 5.91 Å². The molecular weight excluding hydrogens is 355 g/mol. The van der Waals surface area contributed by atoms with Crippen molar-refractivity contribution in [2.75, 3.05) is 5.32 Å². The van der Waals surface area contributed by atoms with Crippen LogP contribution in [0.4, 0.5) is 10.2 Å². The van der Waals surface area contributed by atoms with Gasteiger partial charge in [0.05, 0.1) is 5.56 Å². The monoisotopic (exact) mass is 380 g/mol. The van der Waals surface area contributed by atoms with Crippen molar-refractivity contribution in [2.24, 2.45) is 5.92 Å². The molecule has 1 aliphatic rings. The van der Waals surface area contributed by atoms with Crippen LogP contribution in [0.1, 0.15) is 49.1 Å². The van der Waals surface area contributed by atoms with Crippen molar-refractivity contribution in [1.29, 1.82) is 0 Å². The first-order valence-electron chi connectivity index (χ1n) is 9.85. The van der Waals surface area contributed by atoms with Crippen molar-refractivity contribution >= 4 is 17.4 Å². The van der Waals surface area contributed by atoms with Gasteiger partial charge >= 0.3 is 0 Å². The number of nitrogens with one attached hydrogen (secondary N) is 1. The molecule has 5 nitrogen and oxygen atoms in total. The van der Waals surface area contributed by atoms with Crippen LogP contribution in [-0.4, -0.2) is 20.5 Å². The summed E-state index contributed by atoms with van der Waals surface area (Å²) in [5, 5.41) is 7.63. The van der Waals surface area contributed by atoms with Crippen molar-refractivity contribution in [1.82, 2.24) is 14.6 Å². The maximum absolute atomic E-state index is 13.8. The molecule has 6 heteroatoms. The van der Waals surface area contributed by atoms with E-state index >= 15 is 0 Å². The molecule has 2 aromatic heterocycles. The van der Waals surface area contributed by atoms with Crippen molar-refractivity contribution in [3.63, 3.8) is 0 Å². The molecule has 1 aliphatic carbocycles. The number of rotatable bonds is 4. The second-order valence-electron chi connectivity index (χ2n) is 7.86. The van der Waals surface area contributed by atoms with E-state index in [-0.39, 0.29) is 11.7 Å². The van der Waals surface area contributed by atoms with Gasteiger partial charge in [-0.2, -0.15) is 0 Å². The quantitative estimate of drug-likeness (QED) is 0.694. The van der Waals surface area contributed by atoms with Gasteiger partial charge in [0.15, 0.2) is 11.5 Å². The summed E-state index contributed by atoms with van der Waals surface area (Å²) in [5.41, 5.74) is 4.54. The minimum absolute atomic E-state index is 0.0234. The fraction of sp³-hybridized carbons (Fsp3) is 0.409. The third-order valence-electron chi connectivity index (χ3n) is 5.55. The molecule has 0 bridgehead atoms. The average Bonchev–Trinajstić information content (AvgIpc) is 3.25. The molecule has 146 valence electrons. The van der Waals surface area contributed by atoms with Gasteiger partial charge in [0, 0.05) is 17.8 Å². The van der Waals surface area contributed by atoms with Gasteiger partial charge in [-0.3, -0.25) is 4.79 Å². The van der Waals surface area contributed by atoms with E-state index in [4.69, 9.17) is 0 Å². The summed E-state index contributed by atoms with van der Waals surface area (Å²) < 4.78 is 15.6. The van der Waals surface area contributed by atoms with Gasteiger partial charge in [-0.15, -0.1) is 5.10 Å². The Labute approximate surface area is 164 Å². The largest absolute Gasteiger partial charge is 0.309 e. The molecule has 3 aromatic rings. The first-order valence-corrected chi connectivity index (χ1v) is 9.85. The van der Waals surface area contributed by atoms with Crippen molar-refractivity contribution in [2.45, 2.75) is 52.9 Å². The SMILES string of the molecule is Cc1cc(C)n2nc(NC(=O)CC3CCCC3)c(-c3ccc(F)c(C)c3)c2n1. The van der Waals surface area contributed by atoms with E-state index in [0.717, 1.165) is 35.4 Å². The Hall–Kier alpha value is -2.76. The molecule has 2 heterocycles. The number of carbonyl (C=O) groups is 1. The average molecular weight is 380 g/mol. The number of benzene rings is 1. The summed E-state index contributed by atoms with van der Waals surface area (Å²) in [6, 6.07) is 6.88. The van der Waals surface area contributed by atoms with Gasteiger partial charge in [-0.05, 0) is 68.9 Å². The molecule has 28 heavy (non-hydrogen) atoms. The van der Waals surface area contributed by atoms with E-state index in [1.165, 1.54) is 18.9 Å². The second kappa shape index (κ2) is 7.34. The second-order valence-corrected chi connectivity index (χ2v) is 7.86. The number of carbonyl (C=O) groups excluding carboxylic acids is 1. The van der Waals surface area contributed by atoms with Gasteiger partial charge in [0.25, 0.3) is 0 Å². The Morgan fingerprint density at radius 1 is 1.21 bits per heavy atom. The van der Waals surface area contributed by atoms with Crippen LogP contribution < -0.4 is 5.32 Å². The zero-order chi connectivity index (χ0) is 19.8. The first kappa shape index (κ1) is 18.6. The number of aryl methyl sites for hydroxylation is 3. The molecule has 1 N–H and O–H groups in total. The molecule has 1 saturated carbocycles. The highest BCUT2D eigenvalue weighted by Crippen LogP contribution is 2.34. The molecule has 0 saturated heterocycles. The van der Waals surface area contributed by atoms with E-state index in [9.17, 15) is 9.18 Å². The maximum Gasteiger partial charge on any atom is 0.225 e. The number of aromatic nitrogens is 3. The topological polar surface area (TPSA) is 59.3 Å². The predicted molar refractivity (Wildman–Crippen MR) is 108 cm³/mol. The molecule has 1 amide bonds. The third kappa shape index (κ3) is 3.51. The van der Waals surface area contributed by atoms with E-state index in [2.05, 4.69) is 15.4 Å². The van der Waals surface area contributed by atoms with E-state index in [0.29, 0.717) is 29.4 Å². The summed E-state index contributed by atoms with van der Waals surface area (Å²) in [4.78, 5) is 17.3. The van der Waals surface area contributed by atoms with Crippen LogP contribution in [0.2, 0.25) is 0 Å². The fourth-order valence-corrected chi connectivity index (χ4v) is 4.13. The molecule has 0 radical (unpaired) electrons. The van der Waals surface area contributed by atoms with Crippen molar-refractivity contribution in [3.8, 4) is 11.1 Å². The van der Waals surface area contributed by atoms with Crippen LogP contribution in [0.5, 0.6) is 0 Å². The van der Waals surface area contributed by atoms with E-state index < -0.39 is 0 Å². The Morgan fingerprint density at radius 3 is 2.68 bits per heavy atom. The molecular formula is C22H25FN4O. The van der Waals surface area contributed by atoms with Crippen LogP contribution in [0, 0.1) is 32.5 Å². The molecule has 0 aliphatic heterocycles. The number of amides is 1. The number of fused-ring (bicyclic) bond motifs is 1. The Bertz CT molecular complexity index is 1050. The molecule has 1 aromatic carbocycles. The minimum Gasteiger partial charge on any atom is -0.309 e. The lowest BCUT2D eigenvalue weighted by molar-refractivity contribution is -0.117. The third-order valence-corrected chi connectivity index (χ3v) is 5.55. The Balaban J connectivity index is 1.79. The Kier molecular flexibility index (Phi) is 4.87. The summed E-state index contributed by atoms with van der Waals surface area (Å²) >= 11 is 0. The molecule has 0 spiro atoms. The smallest absolute Gasteiger partial charge is 0.225 e. The number of hydrogen-bond acceptors (Lipinski definition) is 3. The van der Waals surface area contributed by atoms with Crippen LogP contribution >= 0.6 is 0 Å². The summed E-state index contributed by atoms with van der Waals surface area (Å²) in [6.07, 6.45) is 5.15. The van der Waals surface area contributed by atoms with Gasteiger partial charge in [-0.25, -0.2) is 13.9 Å². The zero-order valence-corrected chi connectivity index (χ0v) is 16.6. The standard InChI is InChI=1S/C22H25FN4O/c1-13-10-17(8-9-18(13)23)20-21(25-19(28)12-16-6-4-5-7-16)26-27-15(3)11-14(2)24-22(20)27/h8-11,16H,4-7,12H2,1-3H3,(H,25,26,28). The van der Waals surface area contributed by atoms with E-state index in [1.54, 1.807) is 23.6 Å². The highest BCUT2D eigenvalue weighted by molar-refractivity contribution is 5.98. The minimum atomic E-state index is -0.257. The molecule has 4 rings (SSSR count). The summed E-state index contributed by atoms with van der Waals surface area (Å²) in [5.74, 6) is 0.656. The van der Waals surface area contributed by atoms with Gasteiger partial charge < -0.3 is 5.32 Å². The number of anilines is 1. The highest BCUT2D eigenvalue weighted by atomic mass is 19.1.